The minimum Gasteiger partial charge on any atom is -0.493 e. The van der Waals surface area contributed by atoms with Crippen LogP contribution in [0.15, 0.2) is 36.5 Å². The lowest BCUT2D eigenvalue weighted by Gasteiger charge is -2.39. The van der Waals surface area contributed by atoms with Crippen molar-refractivity contribution in [1.29, 1.82) is 0 Å². The third-order valence-electron chi connectivity index (χ3n) is 6.47. The van der Waals surface area contributed by atoms with E-state index in [2.05, 4.69) is 0 Å². The number of rotatable bonds is 5. The van der Waals surface area contributed by atoms with E-state index in [1.165, 1.54) is 0 Å². The van der Waals surface area contributed by atoms with Crippen LogP contribution in [0.5, 0.6) is 11.5 Å². The molecule has 1 spiro atoms. The van der Waals surface area contributed by atoms with E-state index in [0.29, 0.717) is 49.8 Å². The highest BCUT2D eigenvalue weighted by atomic mass is 16.5. The molecule has 4 rings (SSSR count). The fraction of sp³-hybridized carbons (Fsp3) is 0.478. The van der Waals surface area contributed by atoms with E-state index in [-0.39, 0.29) is 11.8 Å². The SMILES string of the molecule is COc1cccc(CN2CCC[C@]3(CCN(C(=O)c4cccn4C)C3)C2=O)c1OC. The maximum absolute atomic E-state index is 13.5. The van der Waals surface area contributed by atoms with Crippen molar-refractivity contribution < 1.29 is 19.1 Å². The molecule has 160 valence electrons. The number of para-hydroxylation sites is 1. The summed E-state index contributed by atoms with van der Waals surface area (Å²) in [5, 5.41) is 0. The van der Waals surface area contributed by atoms with Crippen molar-refractivity contribution in [1.82, 2.24) is 14.4 Å². The second kappa shape index (κ2) is 8.05. The molecule has 0 unspecified atom stereocenters. The topological polar surface area (TPSA) is 64.0 Å². The fourth-order valence-electron chi connectivity index (χ4n) is 4.86. The molecule has 2 aromatic rings. The van der Waals surface area contributed by atoms with E-state index in [0.717, 1.165) is 18.4 Å². The monoisotopic (exact) mass is 411 g/mol. The van der Waals surface area contributed by atoms with Gasteiger partial charge in [-0.05, 0) is 37.5 Å². The predicted molar refractivity (Wildman–Crippen MR) is 113 cm³/mol. The van der Waals surface area contributed by atoms with E-state index in [1.54, 1.807) is 14.2 Å². The zero-order chi connectivity index (χ0) is 21.3. The predicted octanol–water partition coefficient (Wildman–Crippen LogP) is 2.70. The van der Waals surface area contributed by atoms with Crippen molar-refractivity contribution in [2.75, 3.05) is 33.9 Å². The normalized spacial score (nSPS) is 21.4. The number of hydrogen-bond donors (Lipinski definition) is 0. The molecule has 0 aliphatic carbocycles. The second-order valence-corrected chi connectivity index (χ2v) is 8.24. The van der Waals surface area contributed by atoms with Crippen LogP contribution in [0.25, 0.3) is 0 Å². The molecule has 2 saturated heterocycles. The van der Waals surface area contributed by atoms with Crippen LogP contribution in [0, 0.1) is 5.41 Å². The molecule has 0 radical (unpaired) electrons. The van der Waals surface area contributed by atoms with Gasteiger partial charge in [0.1, 0.15) is 5.69 Å². The van der Waals surface area contributed by atoms with Crippen molar-refractivity contribution in [3.8, 4) is 11.5 Å². The molecule has 7 nitrogen and oxygen atoms in total. The molecule has 1 atom stereocenters. The Morgan fingerprint density at radius 2 is 1.93 bits per heavy atom. The number of piperidine rings is 1. The Labute approximate surface area is 177 Å². The molecular weight excluding hydrogens is 382 g/mol. The van der Waals surface area contributed by atoms with E-state index < -0.39 is 5.41 Å². The summed E-state index contributed by atoms with van der Waals surface area (Å²) < 4.78 is 12.8. The third kappa shape index (κ3) is 3.42. The highest BCUT2D eigenvalue weighted by Gasteiger charge is 2.49. The van der Waals surface area contributed by atoms with Gasteiger partial charge >= 0.3 is 0 Å². The highest BCUT2D eigenvalue weighted by molar-refractivity contribution is 5.94. The number of hydrogen-bond acceptors (Lipinski definition) is 4. The van der Waals surface area contributed by atoms with Gasteiger partial charge < -0.3 is 23.8 Å². The zero-order valence-corrected chi connectivity index (χ0v) is 17.9. The van der Waals surface area contributed by atoms with E-state index in [9.17, 15) is 9.59 Å². The summed E-state index contributed by atoms with van der Waals surface area (Å²) in [7, 11) is 5.10. The summed E-state index contributed by atoms with van der Waals surface area (Å²) >= 11 is 0. The smallest absolute Gasteiger partial charge is 0.270 e. The number of carbonyl (C=O) groups excluding carboxylic acids is 2. The van der Waals surface area contributed by atoms with Crippen LogP contribution in [0.2, 0.25) is 0 Å². The van der Waals surface area contributed by atoms with E-state index in [4.69, 9.17) is 9.47 Å². The Bertz CT molecular complexity index is 954. The Hall–Kier alpha value is -2.96. The van der Waals surface area contributed by atoms with Gasteiger partial charge in [-0.25, -0.2) is 0 Å². The Kier molecular flexibility index (Phi) is 5.45. The lowest BCUT2D eigenvalue weighted by molar-refractivity contribution is -0.146. The van der Waals surface area contributed by atoms with Gasteiger partial charge in [-0.1, -0.05) is 12.1 Å². The van der Waals surface area contributed by atoms with Crippen molar-refractivity contribution in [3.63, 3.8) is 0 Å². The van der Waals surface area contributed by atoms with Crippen LogP contribution in [-0.4, -0.2) is 60.0 Å². The molecule has 3 heterocycles. The molecule has 30 heavy (non-hydrogen) atoms. The van der Waals surface area contributed by atoms with Gasteiger partial charge in [0.2, 0.25) is 5.91 Å². The Morgan fingerprint density at radius 3 is 2.63 bits per heavy atom. The lowest BCUT2D eigenvalue weighted by atomic mass is 9.78. The molecule has 2 aliphatic heterocycles. The van der Waals surface area contributed by atoms with Crippen LogP contribution >= 0.6 is 0 Å². The van der Waals surface area contributed by atoms with Crippen molar-refractivity contribution in [2.45, 2.75) is 25.8 Å². The van der Waals surface area contributed by atoms with Gasteiger partial charge in [0.05, 0.1) is 19.6 Å². The molecule has 2 aliphatic rings. The van der Waals surface area contributed by atoms with Gasteiger partial charge in [-0.3, -0.25) is 9.59 Å². The number of likely N-dealkylation sites (tertiary alicyclic amines) is 2. The molecule has 1 aromatic carbocycles. The first-order valence-corrected chi connectivity index (χ1v) is 10.4. The number of amides is 2. The summed E-state index contributed by atoms with van der Waals surface area (Å²) in [6.45, 7) is 2.30. The van der Waals surface area contributed by atoms with Gasteiger partial charge in [0.25, 0.3) is 5.91 Å². The first-order valence-electron chi connectivity index (χ1n) is 10.4. The summed E-state index contributed by atoms with van der Waals surface area (Å²) in [6, 6.07) is 9.43. The third-order valence-corrected chi connectivity index (χ3v) is 6.47. The van der Waals surface area contributed by atoms with Gasteiger partial charge in [-0.15, -0.1) is 0 Å². The highest BCUT2D eigenvalue weighted by Crippen LogP contribution is 2.41. The van der Waals surface area contributed by atoms with Crippen LogP contribution in [0.1, 0.15) is 35.3 Å². The molecule has 0 saturated carbocycles. The van der Waals surface area contributed by atoms with Gasteiger partial charge in [0.15, 0.2) is 11.5 Å². The summed E-state index contributed by atoms with van der Waals surface area (Å²) in [6.07, 6.45) is 4.35. The van der Waals surface area contributed by atoms with E-state index >= 15 is 0 Å². The van der Waals surface area contributed by atoms with Crippen molar-refractivity contribution in [2.24, 2.45) is 12.5 Å². The Balaban J connectivity index is 1.52. The molecule has 0 N–H and O–H groups in total. The number of methoxy groups -OCH3 is 2. The van der Waals surface area contributed by atoms with Gasteiger partial charge in [-0.2, -0.15) is 0 Å². The van der Waals surface area contributed by atoms with Crippen LogP contribution in [-0.2, 0) is 18.4 Å². The maximum atomic E-state index is 13.5. The molecular formula is C23H29N3O4. The number of ether oxygens (including phenoxy) is 2. The van der Waals surface area contributed by atoms with Gasteiger partial charge in [0, 0.05) is 45.0 Å². The minimum absolute atomic E-state index is 0.00114. The molecule has 2 amide bonds. The van der Waals surface area contributed by atoms with Crippen LogP contribution in [0.3, 0.4) is 0 Å². The first kappa shape index (κ1) is 20.3. The quantitative estimate of drug-likeness (QED) is 0.759. The van der Waals surface area contributed by atoms with Crippen molar-refractivity contribution >= 4 is 11.8 Å². The van der Waals surface area contributed by atoms with Crippen LogP contribution < -0.4 is 9.47 Å². The zero-order valence-electron chi connectivity index (χ0n) is 17.9. The lowest BCUT2D eigenvalue weighted by Crippen LogP contribution is -2.50. The maximum Gasteiger partial charge on any atom is 0.270 e. The largest absolute Gasteiger partial charge is 0.493 e. The molecule has 0 bridgehead atoms. The molecule has 2 fully saturated rings. The van der Waals surface area contributed by atoms with E-state index in [1.807, 2.05) is 57.9 Å². The summed E-state index contributed by atoms with van der Waals surface area (Å²) in [4.78, 5) is 30.2. The van der Waals surface area contributed by atoms with Crippen molar-refractivity contribution in [3.05, 3.63) is 47.8 Å². The average Bonchev–Trinajstić information content (AvgIpc) is 3.38. The Morgan fingerprint density at radius 1 is 1.10 bits per heavy atom. The number of carbonyl (C=O) groups is 2. The molecule has 7 heteroatoms. The first-order chi connectivity index (χ1) is 14.5. The number of nitrogens with zero attached hydrogens (tertiary/aromatic N) is 3. The number of aryl methyl sites for hydroxylation is 1. The van der Waals surface area contributed by atoms with Crippen LogP contribution in [0.4, 0.5) is 0 Å². The summed E-state index contributed by atoms with van der Waals surface area (Å²) in [5.74, 6) is 1.47. The summed E-state index contributed by atoms with van der Waals surface area (Å²) in [5.41, 5.74) is 1.11. The minimum atomic E-state index is -0.481. The number of aromatic nitrogens is 1. The average molecular weight is 412 g/mol. The standard InChI is InChI=1S/C23H29N3O4/c1-24-12-5-8-18(24)21(27)26-14-11-23(16-26)10-6-13-25(22(23)28)15-17-7-4-9-19(29-2)20(17)30-3/h4-5,7-9,12H,6,10-11,13-16H2,1-3H3/t23-/m1/s1. The molecule has 1 aromatic heterocycles. The number of benzene rings is 1. The second-order valence-electron chi connectivity index (χ2n) is 8.24. The fourth-order valence-corrected chi connectivity index (χ4v) is 4.86.